The highest BCUT2D eigenvalue weighted by molar-refractivity contribution is 5.42. The first-order valence-corrected chi connectivity index (χ1v) is 8.81. The SMILES string of the molecule is COc1ccc(CNCC[C@@H](c2ccccc2)c2ccco2)cc1OC. The highest BCUT2D eigenvalue weighted by Crippen LogP contribution is 2.29. The molecule has 136 valence electrons. The molecule has 3 rings (SSSR count). The van der Waals surface area contributed by atoms with Crippen molar-refractivity contribution in [3.63, 3.8) is 0 Å². The Labute approximate surface area is 154 Å². The smallest absolute Gasteiger partial charge is 0.161 e. The van der Waals surface area contributed by atoms with Gasteiger partial charge in [-0.1, -0.05) is 36.4 Å². The summed E-state index contributed by atoms with van der Waals surface area (Å²) in [5.74, 6) is 2.76. The van der Waals surface area contributed by atoms with Gasteiger partial charge < -0.3 is 19.2 Å². The number of furan rings is 1. The number of nitrogens with one attached hydrogen (secondary N) is 1. The van der Waals surface area contributed by atoms with Gasteiger partial charge in [0.1, 0.15) is 5.76 Å². The van der Waals surface area contributed by atoms with E-state index in [2.05, 4.69) is 35.6 Å². The van der Waals surface area contributed by atoms with Crippen molar-refractivity contribution in [1.82, 2.24) is 5.32 Å². The highest BCUT2D eigenvalue weighted by Gasteiger charge is 2.16. The summed E-state index contributed by atoms with van der Waals surface area (Å²) in [4.78, 5) is 0. The van der Waals surface area contributed by atoms with Crippen LogP contribution in [0.5, 0.6) is 11.5 Å². The molecule has 0 fully saturated rings. The third kappa shape index (κ3) is 4.46. The summed E-state index contributed by atoms with van der Waals surface area (Å²) < 4.78 is 16.3. The Morgan fingerprint density at radius 2 is 1.73 bits per heavy atom. The number of ether oxygens (including phenoxy) is 2. The fourth-order valence-electron chi connectivity index (χ4n) is 3.12. The van der Waals surface area contributed by atoms with Crippen molar-refractivity contribution < 1.29 is 13.9 Å². The molecule has 4 heteroatoms. The molecule has 0 bridgehead atoms. The Balaban J connectivity index is 1.59. The van der Waals surface area contributed by atoms with Crippen molar-refractivity contribution in [2.45, 2.75) is 18.9 Å². The molecule has 0 aliphatic rings. The van der Waals surface area contributed by atoms with E-state index < -0.39 is 0 Å². The Kier molecular flexibility index (Phi) is 6.34. The minimum absolute atomic E-state index is 0.254. The second-order valence-corrected chi connectivity index (χ2v) is 6.13. The molecule has 2 aromatic carbocycles. The molecule has 0 saturated heterocycles. The molecule has 0 aliphatic carbocycles. The Morgan fingerprint density at radius 3 is 2.42 bits per heavy atom. The lowest BCUT2D eigenvalue weighted by Crippen LogP contribution is -2.17. The van der Waals surface area contributed by atoms with E-state index in [1.54, 1.807) is 20.5 Å². The molecular weight excluding hydrogens is 326 g/mol. The molecule has 1 aromatic heterocycles. The van der Waals surface area contributed by atoms with Crippen LogP contribution in [0.3, 0.4) is 0 Å². The van der Waals surface area contributed by atoms with Gasteiger partial charge in [0.15, 0.2) is 11.5 Å². The molecule has 0 spiro atoms. The topological polar surface area (TPSA) is 43.6 Å². The van der Waals surface area contributed by atoms with Crippen molar-refractivity contribution in [1.29, 1.82) is 0 Å². The number of benzene rings is 2. The Bertz CT molecular complexity index is 784. The third-order valence-corrected chi connectivity index (χ3v) is 4.48. The first kappa shape index (κ1) is 18.1. The predicted octanol–water partition coefficient (Wildman–Crippen LogP) is 4.61. The van der Waals surface area contributed by atoms with E-state index in [1.807, 2.05) is 30.3 Å². The summed E-state index contributed by atoms with van der Waals surface area (Å²) in [7, 11) is 3.30. The van der Waals surface area contributed by atoms with Crippen LogP contribution in [0, 0.1) is 0 Å². The van der Waals surface area contributed by atoms with Crippen LogP contribution in [0.25, 0.3) is 0 Å². The molecule has 0 aliphatic heterocycles. The van der Waals surface area contributed by atoms with Crippen molar-refractivity contribution in [2.75, 3.05) is 20.8 Å². The lowest BCUT2D eigenvalue weighted by molar-refractivity contribution is 0.354. The molecule has 3 aromatic rings. The van der Waals surface area contributed by atoms with Gasteiger partial charge in [-0.15, -0.1) is 0 Å². The maximum absolute atomic E-state index is 5.66. The van der Waals surface area contributed by atoms with E-state index >= 15 is 0 Å². The van der Waals surface area contributed by atoms with Crippen molar-refractivity contribution in [3.8, 4) is 11.5 Å². The minimum Gasteiger partial charge on any atom is -0.493 e. The van der Waals surface area contributed by atoms with E-state index in [0.29, 0.717) is 0 Å². The lowest BCUT2D eigenvalue weighted by Gasteiger charge is -2.16. The van der Waals surface area contributed by atoms with Crippen LogP contribution in [0.4, 0.5) is 0 Å². The van der Waals surface area contributed by atoms with E-state index in [0.717, 1.165) is 42.3 Å². The van der Waals surface area contributed by atoms with Gasteiger partial charge in [-0.05, 0) is 48.4 Å². The van der Waals surface area contributed by atoms with E-state index in [-0.39, 0.29) is 5.92 Å². The van der Waals surface area contributed by atoms with E-state index in [1.165, 1.54) is 5.56 Å². The third-order valence-electron chi connectivity index (χ3n) is 4.48. The van der Waals surface area contributed by atoms with Gasteiger partial charge in [-0.25, -0.2) is 0 Å². The van der Waals surface area contributed by atoms with Crippen molar-refractivity contribution in [2.24, 2.45) is 0 Å². The number of hydrogen-bond donors (Lipinski definition) is 1. The zero-order valence-corrected chi connectivity index (χ0v) is 15.3. The van der Waals surface area contributed by atoms with Gasteiger partial charge in [0, 0.05) is 12.5 Å². The minimum atomic E-state index is 0.254. The van der Waals surface area contributed by atoms with Gasteiger partial charge in [0.25, 0.3) is 0 Å². The van der Waals surface area contributed by atoms with Crippen molar-refractivity contribution in [3.05, 3.63) is 83.8 Å². The van der Waals surface area contributed by atoms with Gasteiger partial charge in [0.05, 0.1) is 20.5 Å². The second kappa shape index (κ2) is 9.11. The molecule has 0 saturated carbocycles. The molecule has 0 amide bonds. The molecule has 4 nitrogen and oxygen atoms in total. The van der Waals surface area contributed by atoms with Crippen LogP contribution in [0.2, 0.25) is 0 Å². The quantitative estimate of drug-likeness (QED) is 0.572. The first-order chi connectivity index (χ1) is 12.8. The largest absolute Gasteiger partial charge is 0.493 e. The summed E-state index contributed by atoms with van der Waals surface area (Å²) in [6, 6.07) is 20.5. The molecule has 1 N–H and O–H groups in total. The molecule has 0 unspecified atom stereocenters. The molecule has 1 atom stereocenters. The normalized spacial score (nSPS) is 11.9. The Hall–Kier alpha value is -2.72. The summed E-state index contributed by atoms with van der Waals surface area (Å²) in [5.41, 5.74) is 2.44. The van der Waals surface area contributed by atoms with Crippen molar-refractivity contribution >= 4 is 0 Å². The fourth-order valence-corrected chi connectivity index (χ4v) is 3.12. The summed E-state index contributed by atoms with van der Waals surface area (Å²) >= 11 is 0. The first-order valence-electron chi connectivity index (χ1n) is 8.81. The predicted molar refractivity (Wildman–Crippen MR) is 103 cm³/mol. The van der Waals surface area contributed by atoms with Crippen LogP contribution in [-0.4, -0.2) is 20.8 Å². The number of hydrogen-bond acceptors (Lipinski definition) is 4. The molecular formula is C22H25NO3. The fraction of sp³-hybridized carbons (Fsp3) is 0.273. The zero-order chi connectivity index (χ0) is 18.2. The number of rotatable bonds is 9. The van der Waals surface area contributed by atoms with Gasteiger partial charge in [-0.3, -0.25) is 0 Å². The van der Waals surface area contributed by atoms with Gasteiger partial charge >= 0.3 is 0 Å². The van der Waals surface area contributed by atoms with Crippen LogP contribution < -0.4 is 14.8 Å². The molecule has 1 heterocycles. The average Bonchev–Trinajstić information content (AvgIpc) is 3.23. The second-order valence-electron chi connectivity index (χ2n) is 6.13. The monoisotopic (exact) mass is 351 g/mol. The van der Waals surface area contributed by atoms with Crippen LogP contribution >= 0.6 is 0 Å². The average molecular weight is 351 g/mol. The Morgan fingerprint density at radius 1 is 0.923 bits per heavy atom. The molecule has 0 radical (unpaired) electrons. The van der Waals surface area contributed by atoms with E-state index in [4.69, 9.17) is 13.9 Å². The summed E-state index contributed by atoms with van der Waals surface area (Å²) in [6.45, 7) is 1.66. The molecule has 26 heavy (non-hydrogen) atoms. The zero-order valence-electron chi connectivity index (χ0n) is 15.3. The lowest BCUT2D eigenvalue weighted by atomic mass is 9.93. The summed E-state index contributed by atoms with van der Waals surface area (Å²) in [5, 5.41) is 3.51. The number of methoxy groups -OCH3 is 2. The van der Waals surface area contributed by atoms with Gasteiger partial charge in [-0.2, -0.15) is 0 Å². The summed E-state index contributed by atoms with van der Waals surface area (Å²) in [6.07, 6.45) is 2.70. The van der Waals surface area contributed by atoms with Crippen LogP contribution in [0.15, 0.2) is 71.3 Å². The maximum Gasteiger partial charge on any atom is 0.161 e. The van der Waals surface area contributed by atoms with Gasteiger partial charge in [0.2, 0.25) is 0 Å². The van der Waals surface area contributed by atoms with Crippen LogP contribution in [-0.2, 0) is 6.54 Å². The maximum atomic E-state index is 5.66. The highest BCUT2D eigenvalue weighted by atomic mass is 16.5. The van der Waals surface area contributed by atoms with E-state index in [9.17, 15) is 0 Å². The standard InChI is InChI=1S/C22H25NO3/c1-24-21-11-10-17(15-22(21)25-2)16-23-13-12-19(20-9-6-14-26-20)18-7-4-3-5-8-18/h3-11,14-15,19,23H,12-13,16H2,1-2H3/t19-/m0/s1. The van der Waals surface area contributed by atoms with Crippen LogP contribution in [0.1, 0.15) is 29.2 Å².